The lowest BCUT2D eigenvalue weighted by atomic mass is 10.0. The lowest BCUT2D eigenvalue weighted by molar-refractivity contribution is -0.136. The Morgan fingerprint density at radius 2 is 1.97 bits per heavy atom. The number of carbonyl (C=O) groups excluding carboxylic acids is 4. The summed E-state index contributed by atoms with van der Waals surface area (Å²) in [7, 11) is 0. The molecule has 0 saturated carbocycles. The maximum absolute atomic E-state index is 13.1. The molecular weight excluding hydrogens is 452 g/mol. The van der Waals surface area contributed by atoms with E-state index >= 15 is 0 Å². The van der Waals surface area contributed by atoms with Crippen LogP contribution < -0.4 is 5.32 Å². The Labute approximate surface area is 199 Å². The van der Waals surface area contributed by atoms with Gasteiger partial charge in [0, 0.05) is 43.6 Å². The van der Waals surface area contributed by atoms with Gasteiger partial charge in [-0.2, -0.15) is 0 Å². The van der Waals surface area contributed by atoms with Gasteiger partial charge >= 0.3 is 0 Å². The van der Waals surface area contributed by atoms with Crippen LogP contribution >= 0.6 is 0 Å². The van der Waals surface area contributed by atoms with Crippen LogP contribution in [0, 0.1) is 0 Å². The molecule has 1 saturated heterocycles. The van der Waals surface area contributed by atoms with E-state index in [0.29, 0.717) is 37.3 Å². The van der Waals surface area contributed by atoms with Gasteiger partial charge in [0.25, 0.3) is 11.8 Å². The monoisotopic (exact) mass is 474 g/mol. The lowest BCUT2D eigenvalue weighted by Crippen LogP contribution is -2.52. The highest BCUT2D eigenvalue weighted by atomic mass is 16.3. The first-order valence-corrected chi connectivity index (χ1v) is 11.5. The highest BCUT2D eigenvalue weighted by Gasteiger charge is 2.39. The van der Waals surface area contributed by atoms with Gasteiger partial charge in [0.15, 0.2) is 5.69 Å². The third-order valence-corrected chi connectivity index (χ3v) is 6.81. The zero-order valence-corrected chi connectivity index (χ0v) is 18.8. The number of furan rings is 1. The molecule has 0 radical (unpaired) electrons. The van der Waals surface area contributed by atoms with E-state index in [2.05, 4.69) is 15.6 Å². The number of hydrogen-bond acceptors (Lipinski definition) is 7. The van der Waals surface area contributed by atoms with Crippen LogP contribution in [-0.2, 0) is 29.1 Å². The second-order valence-electron chi connectivity index (χ2n) is 8.99. The van der Waals surface area contributed by atoms with E-state index < -0.39 is 11.9 Å². The SMILES string of the molecule is O=C1CCC(N2Cc3ccc(-n4cc(C(=O)N5CCCc6occc6C5)nn4)cc3C2=O)C(=O)N1. The first kappa shape index (κ1) is 21.3. The molecule has 2 aromatic heterocycles. The molecule has 3 aliphatic heterocycles. The molecule has 11 nitrogen and oxygen atoms in total. The van der Waals surface area contributed by atoms with Gasteiger partial charge in [0.05, 0.1) is 18.1 Å². The van der Waals surface area contributed by atoms with Gasteiger partial charge in [-0.1, -0.05) is 11.3 Å². The molecule has 1 unspecified atom stereocenters. The van der Waals surface area contributed by atoms with Crippen LogP contribution in [0.5, 0.6) is 0 Å². The Hall–Kier alpha value is -4.28. The maximum Gasteiger partial charge on any atom is 0.276 e. The number of benzene rings is 1. The Morgan fingerprint density at radius 1 is 1.09 bits per heavy atom. The van der Waals surface area contributed by atoms with Crippen LogP contribution in [0.1, 0.15) is 57.0 Å². The van der Waals surface area contributed by atoms with E-state index in [9.17, 15) is 19.2 Å². The number of aryl methyl sites for hydroxylation is 1. The summed E-state index contributed by atoms with van der Waals surface area (Å²) >= 11 is 0. The number of piperidine rings is 1. The van der Waals surface area contributed by atoms with Crippen molar-refractivity contribution in [3.63, 3.8) is 0 Å². The molecule has 1 fully saturated rings. The van der Waals surface area contributed by atoms with Crippen LogP contribution in [0.3, 0.4) is 0 Å². The molecule has 5 heterocycles. The summed E-state index contributed by atoms with van der Waals surface area (Å²) in [6.07, 6.45) is 5.31. The number of nitrogens with one attached hydrogen (secondary N) is 1. The molecule has 0 bridgehead atoms. The number of fused-ring (bicyclic) bond motifs is 2. The molecule has 1 aromatic carbocycles. The average Bonchev–Trinajstić information content (AvgIpc) is 3.55. The summed E-state index contributed by atoms with van der Waals surface area (Å²) in [5.41, 5.74) is 3.06. The van der Waals surface area contributed by atoms with Gasteiger partial charge in [-0.15, -0.1) is 5.10 Å². The molecule has 3 aromatic rings. The lowest BCUT2D eigenvalue weighted by Gasteiger charge is -2.29. The Balaban J connectivity index is 1.21. The second-order valence-corrected chi connectivity index (χ2v) is 8.99. The Kier molecular flexibility index (Phi) is 4.97. The van der Waals surface area contributed by atoms with E-state index in [4.69, 9.17) is 4.42 Å². The van der Waals surface area contributed by atoms with Gasteiger partial charge in [0.2, 0.25) is 11.8 Å². The zero-order valence-electron chi connectivity index (χ0n) is 18.8. The number of rotatable bonds is 3. The van der Waals surface area contributed by atoms with Crippen molar-refractivity contribution in [2.24, 2.45) is 0 Å². The molecule has 178 valence electrons. The first-order valence-electron chi connectivity index (χ1n) is 11.5. The normalized spacial score (nSPS) is 19.9. The van der Waals surface area contributed by atoms with Gasteiger partial charge in [-0.05, 0) is 36.6 Å². The van der Waals surface area contributed by atoms with Gasteiger partial charge in [-0.25, -0.2) is 4.68 Å². The van der Waals surface area contributed by atoms with E-state index in [-0.39, 0.29) is 29.8 Å². The van der Waals surface area contributed by atoms with Crippen molar-refractivity contribution in [1.29, 1.82) is 0 Å². The summed E-state index contributed by atoms with van der Waals surface area (Å²) < 4.78 is 6.96. The van der Waals surface area contributed by atoms with E-state index in [1.54, 1.807) is 29.5 Å². The Morgan fingerprint density at radius 3 is 2.83 bits per heavy atom. The van der Waals surface area contributed by atoms with Crippen molar-refractivity contribution in [2.45, 2.75) is 44.8 Å². The summed E-state index contributed by atoms with van der Waals surface area (Å²) in [5.74, 6) is -0.337. The van der Waals surface area contributed by atoms with E-state index in [0.717, 1.165) is 29.7 Å². The Bertz CT molecular complexity index is 1370. The number of hydrogen-bond donors (Lipinski definition) is 1. The van der Waals surface area contributed by atoms with Crippen molar-refractivity contribution in [2.75, 3.05) is 6.54 Å². The predicted octanol–water partition coefficient (Wildman–Crippen LogP) is 1.21. The average molecular weight is 474 g/mol. The number of nitrogens with zero attached hydrogens (tertiary/aromatic N) is 5. The zero-order chi connectivity index (χ0) is 24.1. The number of carbonyl (C=O) groups is 4. The molecule has 1 atom stereocenters. The molecule has 1 N–H and O–H groups in total. The van der Waals surface area contributed by atoms with Crippen LogP contribution in [0.4, 0.5) is 0 Å². The second kappa shape index (κ2) is 8.19. The molecule has 3 aliphatic rings. The van der Waals surface area contributed by atoms with Crippen molar-refractivity contribution in [3.05, 3.63) is 64.9 Å². The van der Waals surface area contributed by atoms with Crippen LogP contribution in [0.25, 0.3) is 5.69 Å². The number of imide groups is 1. The van der Waals surface area contributed by atoms with Crippen LogP contribution in [-0.4, -0.2) is 61.0 Å². The summed E-state index contributed by atoms with van der Waals surface area (Å²) in [6, 6.07) is 6.52. The third kappa shape index (κ3) is 3.69. The maximum atomic E-state index is 13.1. The smallest absolute Gasteiger partial charge is 0.276 e. The van der Waals surface area contributed by atoms with Gasteiger partial charge < -0.3 is 14.2 Å². The van der Waals surface area contributed by atoms with E-state index in [1.807, 2.05) is 12.1 Å². The van der Waals surface area contributed by atoms with Crippen molar-refractivity contribution >= 4 is 23.6 Å². The quantitative estimate of drug-likeness (QED) is 0.565. The van der Waals surface area contributed by atoms with Crippen molar-refractivity contribution in [1.82, 2.24) is 30.1 Å². The summed E-state index contributed by atoms with van der Waals surface area (Å²) in [5, 5.41) is 10.5. The minimum Gasteiger partial charge on any atom is -0.469 e. The molecule has 6 rings (SSSR count). The topological polar surface area (TPSA) is 131 Å². The van der Waals surface area contributed by atoms with Crippen LogP contribution in [0.2, 0.25) is 0 Å². The highest BCUT2D eigenvalue weighted by molar-refractivity contribution is 6.05. The fourth-order valence-corrected chi connectivity index (χ4v) is 4.95. The fraction of sp³-hybridized carbons (Fsp3) is 0.333. The van der Waals surface area contributed by atoms with Gasteiger partial charge in [-0.3, -0.25) is 24.5 Å². The van der Waals surface area contributed by atoms with Crippen LogP contribution in [0.15, 0.2) is 41.1 Å². The van der Waals surface area contributed by atoms with Crippen molar-refractivity contribution < 1.29 is 23.6 Å². The summed E-state index contributed by atoms with van der Waals surface area (Å²) in [6.45, 7) is 1.35. The molecule has 4 amide bonds. The van der Waals surface area contributed by atoms with Gasteiger partial charge in [0.1, 0.15) is 11.8 Å². The molecular formula is C24H22N6O5. The number of amides is 4. The third-order valence-electron chi connectivity index (χ3n) is 6.81. The highest BCUT2D eigenvalue weighted by Crippen LogP contribution is 2.29. The molecule has 0 aliphatic carbocycles. The fourth-order valence-electron chi connectivity index (χ4n) is 4.95. The number of aromatic nitrogens is 3. The minimum absolute atomic E-state index is 0.205. The first-order chi connectivity index (χ1) is 17.0. The molecule has 35 heavy (non-hydrogen) atoms. The van der Waals surface area contributed by atoms with E-state index in [1.165, 1.54) is 9.58 Å². The largest absolute Gasteiger partial charge is 0.469 e. The van der Waals surface area contributed by atoms with Crippen molar-refractivity contribution in [3.8, 4) is 5.69 Å². The standard InChI is InChI=1S/C24H22N6O5/c31-21-6-5-19(22(32)25-21)29-12-14-3-4-16(10-17(14)23(29)33)30-13-18(26-27-30)24(34)28-8-1-2-20-15(11-28)7-9-35-20/h3-4,7,9-10,13,19H,1-2,5-6,8,11-12H2,(H,25,31,32). The minimum atomic E-state index is -0.670. The predicted molar refractivity (Wildman–Crippen MR) is 119 cm³/mol. The summed E-state index contributed by atoms with van der Waals surface area (Å²) in [4.78, 5) is 53.1. The molecule has 0 spiro atoms. The molecule has 11 heteroatoms.